The average molecular weight is 234 g/mol. The van der Waals surface area contributed by atoms with E-state index in [1.165, 1.54) is 0 Å². The Labute approximate surface area is 101 Å². The van der Waals surface area contributed by atoms with Gasteiger partial charge in [0, 0.05) is 12.1 Å². The van der Waals surface area contributed by atoms with Crippen LogP contribution in [0, 0.1) is 0 Å². The zero-order valence-corrected chi connectivity index (χ0v) is 9.76. The third-order valence-electron chi connectivity index (χ3n) is 3.03. The average Bonchev–Trinajstić information content (AvgIpc) is 2.74. The highest BCUT2D eigenvalue weighted by Gasteiger charge is 2.25. The summed E-state index contributed by atoms with van der Waals surface area (Å²) in [4.78, 5) is 11.6. The second-order valence-electron chi connectivity index (χ2n) is 4.37. The molecule has 17 heavy (non-hydrogen) atoms. The van der Waals surface area contributed by atoms with Gasteiger partial charge in [-0.1, -0.05) is 18.2 Å². The first-order valence-electron chi connectivity index (χ1n) is 5.98. The third kappa shape index (κ3) is 3.46. The Bertz CT molecular complexity index is 367. The van der Waals surface area contributed by atoms with E-state index in [0.717, 1.165) is 19.3 Å². The van der Waals surface area contributed by atoms with Crippen LogP contribution in [0.15, 0.2) is 30.3 Å². The maximum Gasteiger partial charge on any atom is 0.258 e. The van der Waals surface area contributed by atoms with Gasteiger partial charge in [0.2, 0.25) is 0 Å². The summed E-state index contributed by atoms with van der Waals surface area (Å²) in [6.45, 7) is 0.0488. The normalized spacial score (nSPS) is 23.4. The number of hydrogen-bond donors (Lipinski definition) is 2. The molecule has 0 aromatic heterocycles. The number of amides is 1. The summed E-state index contributed by atoms with van der Waals surface area (Å²) in [5, 5.41) is 2.91. The number of carbonyl (C=O) groups excluding carboxylic acids is 1. The van der Waals surface area contributed by atoms with Crippen LogP contribution in [0.25, 0.3) is 0 Å². The SMILES string of the molecule is NC1CCCC1NC(=O)COc1ccccc1. The fourth-order valence-electron chi connectivity index (χ4n) is 2.08. The molecule has 1 aromatic rings. The van der Waals surface area contributed by atoms with Crippen LogP contribution in [-0.4, -0.2) is 24.6 Å². The van der Waals surface area contributed by atoms with Gasteiger partial charge in [-0.15, -0.1) is 0 Å². The van der Waals surface area contributed by atoms with Crippen molar-refractivity contribution < 1.29 is 9.53 Å². The van der Waals surface area contributed by atoms with Gasteiger partial charge in [0.1, 0.15) is 5.75 Å². The van der Waals surface area contributed by atoms with Crippen LogP contribution in [0.4, 0.5) is 0 Å². The molecule has 2 atom stereocenters. The first-order chi connectivity index (χ1) is 8.25. The molecule has 1 aliphatic rings. The molecule has 1 amide bonds. The minimum Gasteiger partial charge on any atom is -0.484 e. The molecule has 0 heterocycles. The van der Waals surface area contributed by atoms with Gasteiger partial charge in [0.25, 0.3) is 5.91 Å². The van der Waals surface area contributed by atoms with E-state index in [-0.39, 0.29) is 24.6 Å². The van der Waals surface area contributed by atoms with E-state index in [2.05, 4.69) is 5.32 Å². The number of benzene rings is 1. The molecule has 0 spiro atoms. The van der Waals surface area contributed by atoms with Crippen molar-refractivity contribution >= 4 is 5.91 Å². The molecule has 0 aliphatic heterocycles. The van der Waals surface area contributed by atoms with Crippen LogP contribution in [-0.2, 0) is 4.79 Å². The van der Waals surface area contributed by atoms with Crippen LogP contribution in [0.5, 0.6) is 5.75 Å². The van der Waals surface area contributed by atoms with Crippen molar-refractivity contribution in [3.05, 3.63) is 30.3 Å². The van der Waals surface area contributed by atoms with Crippen molar-refractivity contribution in [3.8, 4) is 5.75 Å². The molecule has 1 aromatic carbocycles. The van der Waals surface area contributed by atoms with Crippen LogP contribution >= 0.6 is 0 Å². The predicted molar refractivity (Wildman–Crippen MR) is 65.7 cm³/mol. The van der Waals surface area contributed by atoms with Gasteiger partial charge in [-0.2, -0.15) is 0 Å². The molecule has 0 saturated heterocycles. The van der Waals surface area contributed by atoms with Crippen molar-refractivity contribution in [2.24, 2.45) is 5.73 Å². The number of ether oxygens (including phenoxy) is 1. The van der Waals surface area contributed by atoms with E-state index in [4.69, 9.17) is 10.5 Å². The zero-order valence-electron chi connectivity index (χ0n) is 9.76. The molecule has 1 fully saturated rings. The molecular weight excluding hydrogens is 216 g/mol. The molecule has 2 rings (SSSR count). The Kier molecular flexibility index (Phi) is 3.98. The van der Waals surface area contributed by atoms with E-state index in [0.29, 0.717) is 5.75 Å². The maximum absolute atomic E-state index is 11.6. The lowest BCUT2D eigenvalue weighted by Crippen LogP contribution is -2.45. The van der Waals surface area contributed by atoms with Crippen LogP contribution in [0.1, 0.15) is 19.3 Å². The number of nitrogens with one attached hydrogen (secondary N) is 1. The van der Waals surface area contributed by atoms with E-state index in [1.54, 1.807) is 0 Å². The van der Waals surface area contributed by atoms with E-state index >= 15 is 0 Å². The summed E-state index contributed by atoms with van der Waals surface area (Å²) in [5.41, 5.74) is 5.88. The van der Waals surface area contributed by atoms with Gasteiger partial charge >= 0.3 is 0 Å². The zero-order chi connectivity index (χ0) is 12.1. The fraction of sp³-hybridized carbons (Fsp3) is 0.462. The lowest BCUT2D eigenvalue weighted by atomic mass is 10.2. The Morgan fingerprint density at radius 1 is 1.35 bits per heavy atom. The van der Waals surface area contributed by atoms with Gasteiger partial charge < -0.3 is 15.8 Å². The van der Waals surface area contributed by atoms with Crippen molar-refractivity contribution in [1.82, 2.24) is 5.32 Å². The van der Waals surface area contributed by atoms with Gasteiger partial charge in [0.15, 0.2) is 6.61 Å². The molecule has 3 N–H and O–H groups in total. The van der Waals surface area contributed by atoms with Gasteiger partial charge in [-0.3, -0.25) is 4.79 Å². The Balaban J connectivity index is 1.74. The van der Waals surface area contributed by atoms with E-state index in [1.807, 2.05) is 30.3 Å². The van der Waals surface area contributed by atoms with E-state index in [9.17, 15) is 4.79 Å². The molecule has 92 valence electrons. The summed E-state index contributed by atoms with van der Waals surface area (Å²) >= 11 is 0. The quantitative estimate of drug-likeness (QED) is 0.818. The minimum atomic E-state index is -0.101. The summed E-state index contributed by atoms with van der Waals surface area (Å²) in [6.07, 6.45) is 3.05. The molecule has 0 radical (unpaired) electrons. The number of hydrogen-bond acceptors (Lipinski definition) is 3. The number of carbonyl (C=O) groups is 1. The highest BCUT2D eigenvalue weighted by molar-refractivity contribution is 5.78. The van der Waals surface area contributed by atoms with Crippen molar-refractivity contribution in [2.75, 3.05) is 6.61 Å². The molecule has 1 saturated carbocycles. The van der Waals surface area contributed by atoms with Gasteiger partial charge in [0.05, 0.1) is 0 Å². The molecule has 4 heteroatoms. The maximum atomic E-state index is 11.6. The molecule has 0 bridgehead atoms. The second kappa shape index (κ2) is 5.68. The third-order valence-corrected chi connectivity index (χ3v) is 3.03. The summed E-state index contributed by atoms with van der Waals surface area (Å²) in [6, 6.07) is 9.52. The number of rotatable bonds is 4. The molecule has 1 aliphatic carbocycles. The van der Waals surface area contributed by atoms with Gasteiger partial charge in [-0.25, -0.2) is 0 Å². The summed E-state index contributed by atoms with van der Waals surface area (Å²) in [5.74, 6) is 0.606. The van der Waals surface area contributed by atoms with Crippen molar-refractivity contribution in [3.63, 3.8) is 0 Å². The first-order valence-corrected chi connectivity index (χ1v) is 5.98. The fourth-order valence-corrected chi connectivity index (χ4v) is 2.08. The highest BCUT2D eigenvalue weighted by atomic mass is 16.5. The summed E-state index contributed by atoms with van der Waals surface area (Å²) in [7, 11) is 0. The minimum absolute atomic E-state index is 0.0488. The Hall–Kier alpha value is -1.55. The number of nitrogens with two attached hydrogens (primary N) is 1. The molecule has 2 unspecified atom stereocenters. The van der Waals surface area contributed by atoms with Crippen LogP contribution in [0.3, 0.4) is 0 Å². The van der Waals surface area contributed by atoms with Gasteiger partial charge in [-0.05, 0) is 31.4 Å². The lowest BCUT2D eigenvalue weighted by Gasteiger charge is -2.17. The first kappa shape index (κ1) is 11.9. The van der Waals surface area contributed by atoms with Crippen molar-refractivity contribution in [1.29, 1.82) is 0 Å². The van der Waals surface area contributed by atoms with Crippen LogP contribution in [0.2, 0.25) is 0 Å². The predicted octanol–water partition coefficient (Wildman–Crippen LogP) is 1.06. The Morgan fingerprint density at radius 3 is 2.76 bits per heavy atom. The Morgan fingerprint density at radius 2 is 2.12 bits per heavy atom. The van der Waals surface area contributed by atoms with Crippen molar-refractivity contribution in [2.45, 2.75) is 31.3 Å². The standard InChI is InChI=1S/C13H18N2O2/c14-11-7-4-8-12(11)15-13(16)9-17-10-5-2-1-3-6-10/h1-3,5-6,11-12H,4,7-9,14H2,(H,15,16). The lowest BCUT2D eigenvalue weighted by molar-refractivity contribution is -0.123. The largest absolute Gasteiger partial charge is 0.484 e. The topological polar surface area (TPSA) is 64.3 Å². The molecule has 4 nitrogen and oxygen atoms in total. The van der Waals surface area contributed by atoms with E-state index < -0.39 is 0 Å². The van der Waals surface area contributed by atoms with Crippen LogP contribution < -0.4 is 15.8 Å². The smallest absolute Gasteiger partial charge is 0.258 e. The number of para-hydroxylation sites is 1. The molecular formula is C13H18N2O2. The monoisotopic (exact) mass is 234 g/mol. The highest BCUT2D eigenvalue weighted by Crippen LogP contribution is 2.16. The second-order valence-corrected chi connectivity index (χ2v) is 4.37. The summed E-state index contributed by atoms with van der Waals surface area (Å²) < 4.78 is 5.36.